The molecule has 0 amide bonds. The van der Waals surface area contributed by atoms with Crippen LogP contribution in [0.2, 0.25) is 0 Å². The first-order chi connectivity index (χ1) is 6.24. The van der Waals surface area contributed by atoms with Crippen LogP contribution in [0.25, 0.3) is 0 Å². The summed E-state index contributed by atoms with van der Waals surface area (Å²) in [5, 5.41) is 12.9. The third-order valence-electron chi connectivity index (χ3n) is 2.92. The summed E-state index contributed by atoms with van der Waals surface area (Å²) in [6, 6.07) is 0.352. The van der Waals surface area contributed by atoms with Crippen LogP contribution in [-0.4, -0.2) is 48.8 Å². The molecule has 2 N–H and O–H groups in total. The van der Waals surface area contributed by atoms with Crippen LogP contribution in [0, 0.1) is 0 Å². The lowest BCUT2D eigenvalue weighted by atomic mass is 10.2. The maximum Gasteiger partial charge on any atom is 0.0693 e. The molecule has 1 saturated carbocycles. The van der Waals surface area contributed by atoms with Crippen LogP contribution in [-0.2, 0) is 0 Å². The molecule has 0 spiro atoms. The normalized spacial score (nSPS) is 28.6. The second kappa shape index (κ2) is 5.58. The molecule has 0 saturated heterocycles. The minimum atomic E-state index is -0.105. The highest BCUT2D eigenvalue weighted by atomic mass is 16.3. The minimum Gasteiger partial charge on any atom is -0.392 e. The van der Waals surface area contributed by atoms with Gasteiger partial charge in [0.05, 0.1) is 6.10 Å². The van der Waals surface area contributed by atoms with E-state index in [1.165, 1.54) is 6.42 Å². The first kappa shape index (κ1) is 11.0. The van der Waals surface area contributed by atoms with Crippen LogP contribution in [0.3, 0.4) is 0 Å². The Bertz CT molecular complexity index is 141. The molecule has 1 fully saturated rings. The topological polar surface area (TPSA) is 35.5 Å². The van der Waals surface area contributed by atoms with Crippen molar-refractivity contribution in [2.45, 2.75) is 38.3 Å². The predicted molar refractivity (Wildman–Crippen MR) is 54.8 cm³/mol. The van der Waals surface area contributed by atoms with E-state index in [4.69, 9.17) is 0 Å². The number of nitrogens with one attached hydrogen (secondary N) is 1. The van der Waals surface area contributed by atoms with Crippen LogP contribution in [0.4, 0.5) is 0 Å². The summed E-state index contributed by atoms with van der Waals surface area (Å²) < 4.78 is 0. The van der Waals surface area contributed by atoms with E-state index >= 15 is 0 Å². The summed E-state index contributed by atoms with van der Waals surface area (Å²) in [7, 11) is 2.12. The Morgan fingerprint density at radius 3 is 2.77 bits per heavy atom. The first-order valence-corrected chi connectivity index (χ1v) is 5.34. The number of aliphatic hydroxyl groups is 1. The van der Waals surface area contributed by atoms with E-state index in [1.54, 1.807) is 0 Å². The van der Waals surface area contributed by atoms with E-state index in [0.717, 1.165) is 32.5 Å². The Morgan fingerprint density at radius 2 is 2.23 bits per heavy atom. The molecule has 2 unspecified atom stereocenters. The first-order valence-electron chi connectivity index (χ1n) is 5.34. The van der Waals surface area contributed by atoms with Gasteiger partial charge in [-0.3, -0.25) is 0 Å². The lowest BCUT2D eigenvalue weighted by Crippen LogP contribution is -2.39. The molecule has 1 aliphatic carbocycles. The summed E-state index contributed by atoms with van der Waals surface area (Å²) in [5.41, 5.74) is 0. The Hall–Kier alpha value is -0.120. The fourth-order valence-corrected chi connectivity index (χ4v) is 1.78. The van der Waals surface area contributed by atoms with Gasteiger partial charge in [0.1, 0.15) is 0 Å². The molecule has 0 heterocycles. The van der Waals surface area contributed by atoms with E-state index < -0.39 is 0 Å². The van der Waals surface area contributed by atoms with Crippen molar-refractivity contribution < 1.29 is 5.11 Å². The predicted octanol–water partition coefficient (Wildman–Crippen LogP) is 0.441. The molecular formula is C10H22N2O. The van der Waals surface area contributed by atoms with Gasteiger partial charge in [-0.2, -0.15) is 0 Å². The second-order valence-electron chi connectivity index (χ2n) is 3.95. The molecule has 2 atom stereocenters. The van der Waals surface area contributed by atoms with Crippen molar-refractivity contribution in [3.63, 3.8) is 0 Å². The van der Waals surface area contributed by atoms with Gasteiger partial charge in [0.15, 0.2) is 0 Å². The summed E-state index contributed by atoms with van der Waals surface area (Å²) in [5.74, 6) is 0. The quantitative estimate of drug-likeness (QED) is 0.654. The zero-order valence-corrected chi connectivity index (χ0v) is 8.79. The zero-order chi connectivity index (χ0) is 9.68. The molecule has 0 aromatic heterocycles. The largest absolute Gasteiger partial charge is 0.392 e. The fraction of sp³-hybridized carbons (Fsp3) is 1.00. The van der Waals surface area contributed by atoms with Crippen molar-refractivity contribution in [2.75, 3.05) is 26.7 Å². The van der Waals surface area contributed by atoms with Gasteiger partial charge < -0.3 is 15.3 Å². The van der Waals surface area contributed by atoms with Crippen LogP contribution in [0.5, 0.6) is 0 Å². The summed E-state index contributed by atoms with van der Waals surface area (Å²) in [6.07, 6.45) is 3.17. The number of hydrogen-bond donors (Lipinski definition) is 2. The van der Waals surface area contributed by atoms with Crippen molar-refractivity contribution in [2.24, 2.45) is 0 Å². The SMILES string of the molecule is CCN(C)CCNC1CCCC1O. The van der Waals surface area contributed by atoms with Crippen molar-refractivity contribution in [3.8, 4) is 0 Å². The second-order valence-corrected chi connectivity index (χ2v) is 3.95. The average molecular weight is 186 g/mol. The van der Waals surface area contributed by atoms with Crippen molar-refractivity contribution in [3.05, 3.63) is 0 Å². The van der Waals surface area contributed by atoms with Gasteiger partial charge in [-0.15, -0.1) is 0 Å². The highest BCUT2D eigenvalue weighted by molar-refractivity contribution is 4.82. The van der Waals surface area contributed by atoms with E-state index in [-0.39, 0.29) is 6.10 Å². The van der Waals surface area contributed by atoms with E-state index in [0.29, 0.717) is 6.04 Å². The van der Waals surface area contributed by atoms with Crippen LogP contribution < -0.4 is 5.32 Å². The monoisotopic (exact) mass is 186 g/mol. The minimum absolute atomic E-state index is 0.105. The molecule has 0 aromatic carbocycles. The molecule has 0 bridgehead atoms. The standard InChI is InChI=1S/C10H22N2O/c1-3-12(2)8-7-11-9-5-4-6-10(9)13/h9-11,13H,3-8H2,1-2H3. The molecular weight excluding hydrogens is 164 g/mol. The van der Waals surface area contributed by atoms with Crippen LogP contribution in [0.1, 0.15) is 26.2 Å². The van der Waals surface area contributed by atoms with E-state index in [2.05, 4.69) is 24.2 Å². The average Bonchev–Trinajstić information content (AvgIpc) is 2.52. The Labute approximate surface area is 81.1 Å². The molecule has 0 aromatic rings. The number of hydrogen-bond acceptors (Lipinski definition) is 3. The fourth-order valence-electron chi connectivity index (χ4n) is 1.78. The van der Waals surface area contributed by atoms with Crippen molar-refractivity contribution in [1.82, 2.24) is 10.2 Å². The molecule has 3 heteroatoms. The molecule has 0 radical (unpaired) electrons. The highest BCUT2D eigenvalue weighted by Gasteiger charge is 2.23. The van der Waals surface area contributed by atoms with Gasteiger partial charge in [0, 0.05) is 19.1 Å². The van der Waals surface area contributed by atoms with Crippen LogP contribution >= 0.6 is 0 Å². The van der Waals surface area contributed by atoms with Gasteiger partial charge in [-0.25, -0.2) is 0 Å². The van der Waals surface area contributed by atoms with Gasteiger partial charge >= 0.3 is 0 Å². The summed E-state index contributed by atoms with van der Waals surface area (Å²) in [4.78, 5) is 2.27. The van der Waals surface area contributed by atoms with E-state index in [1.807, 2.05) is 0 Å². The zero-order valence-electron chi connectivity index (χ0n) is 8.79. The van der Waals surface area contributed by atoms with E-state index in [9.17, 15) is 5.11 Å². The molecule has 0 aliphatic heterocycles. The number of aliphatic hydroxyl groups excluding tert-OH is 1. The summed E-state index contributed by atoms with van der Waals surface area (Å²) >= 11 is 0. The molecule has 1 aliphatic rings. The number of likely N-dealkylation sites (N-methyl/N-ethyl adjacent to an activating group) is 1. The maximum atomic E-state index is 9.54. The van der Waals surface area contributed by atoms with Gasteiger partial charge in [0.2, 0.25) is 0 Å². The maximum absolute atomic E-state index is 9.54. The Morgan fingerprint density at radius 1 is 1.46 bits per heavy atom. The lowest BCUT2D eigenvalue weighted by Gasteiger charge is -2.19. The third kappa shape index (κ3) is 3.63. The van der Waals surface area contributed by atoms with Crippen molar-refractivity contribution in [1.29, 1.82) is 0 Å². The van der Waals surface area contributed by atoms with Gasteiger partial charge in [0.25, 0.3) is 0 Å². The van der Waals surface area contributed by atoms with Crippen molar-refractivity contribution >= 4 is 0 Å². The smallest absolute Gasteiger partial charge is 0.0693 e. The highest BCUT2D eigenvalue weighted by Crippen LogP contribution is 2.18. The number of nitrogens with zero attached hydrogens (tertiary/aromatic N) is 1. The molecule has 78 valence electrons. The summed E-state index contributed by atoms with van der Waals surface area (Å²) in [6.45, 7) is 5.31. The van der Waals surface area contributed by atoms with Gasteiger partial charge in [-0.05, 0) is 32.9 Å². The van der Waals surface area contributed by atoms with Gasteiger partial charge in [-0.1, -0.05) is 6.92 Å². The Balaban J connectivity index is 2.05. The molecule has 1 rings (SSSR count). The number of rotatable bonds is 5. The third-order valence-corrected chi connectivity index (χ3v) is 2.92. The molecule has 13 heavy (non-hydrogen) atoms. The van der Waals surface area contributed by atoms with Crippen LogP contribution in [0.15, 0.2) is 0 Å². The lowest BCUT2D eigenvalue weighted by molar-refractivity contribution is 0.147. The molecule has 3 nitrogen and oxygen atoms in total. The Kier molecular flexibility index (Phi) is 4.70.